The van der Waals surface area contributed by atoms with Crippen LogP contribution < -0.4 is 0 Å². The number of cyclic esters (lactones) is 2. The average molecular weight is 398 g/mol. The van der Waals surface area contributed by atoms with Crippen molar-refractivity contribution in [3.63, 3.8) is 0 Å². The van der Waals surface area contributed by atoms with Crippen LogP contribution in [0.25, 0.3) is 0 Å². The van der Waals surface area contributed by atoms with E-state index in [0.29, 0.717) is 6.42 Å². The number of esters is 4. The van der Waals surface area contributed by atoms with E-state index in [2.05, 4.69) is 4.74 Å². The number of carbonyl (C=O) groups excluding carboxylic acids is 4. The normalized spacial score (nSPS) is 29.5. The van der Waals surface area contributed by atoms with E-state index in [-0.39, 0.29) is 55.5 Å². The van der Waals surface area contributed by atoms with Crippen LogP contribution in [0.4, 0.5) is 0 Å². The second-order valence-electron chi connectivity index (χ2n) is 6.46. The first kappa shape index (κ1) is 21.4. The molecule has 154 valence electrons. The van der Waals surface area contributed by atoms with Crippen LogP contribution in [0.2, 0.25) is 0 Å². The summed E-state index contributed by atoms with van der Waals surface area (Å²) in [4.78, 5) is 51.9. The lowest BCUT2D eigenvalue weighted by Gasteiger charge is -2.02. The van der Waals surface area contributed by atoms with Crippen LogP contribution in [0.5, 0.6) is 0 Å². The molecular weight excluding hydrogens is 376 g/mol. The van der Waals surface area contributed by atoms with Gasteiger partial charge in [0.1, 0.15) is 24.4 Å². The number of ether oxygens (including phenoxy) is 4. The topological polar surface area (TPSA) is 143 Å². The van der Waals surface area contributed by atoms with Crippen molar-refractivity contribution in [2.24, 2.45) is 0 Å². The Morgan fingerprint density at radius 3 is 1.96 bits per heavy atom. The highest BCUT2D eigenvalue weighted by molar-refractivity contribution is 5.85. The van der Waals surface area contributed by atoms with Crippen molar-refractivity contribution in [2.75, 3.05) is 0 Å². The summed E-state index contributed by atoms with van der Waals surface area (Å²) >= 11 is 0. The van der Waals surface area contributed by atoms with Crippen LogP contribution in [0, 0.1) is 0 Å². The van der Waals surface area contributed by atoms with E-state index in [4.69, 9.17) is 19.3 Å². The third-order valence-electron chi connectivity index (χ3n) is 4.23. The molecule has 4 atom stereocenters. The van der Waals surface area contributed by atoms with Gasteiger partial charge in [0.2, 0.25) is 0 Å². The van der Waals surface area contributed by atoms with Gasteiger partial charge in [0.15, 0.2) is 0 Å². The maximum absolute atomic E-state index is 10.5. The minimum Gasteiger partial charge on any atom is -0.481 e. The van der Waals surface area contributed by atoms with Crippen molar-refractivity contribution in [3.05, 3.63) is 12.2 Å². The number of fused-ring (bicyclic) bond motifs is 1. The molecule has 3 fully saturated rings. The van der Waals surface area contributed by atoms with Gasteiger partial charge < -0.3 is 24.1 Å². The molecule has 3 saturated heterocycles. The van der Waals surface area contributed by atoms with Gasteiger partial charge in [-0.25, -0.2) is 4.79 Å². The fourth-order valence-corrected chi connectivity index (χ4v) is 2.83. The van der Waals surface area contributed by atoms with Crippen LogP contribution in [0.3, 0.4) is 0 Å². The minimum absolute atomic E-state index is 0.0307. The standard InChI is InChI=1S/2C6H6O4.C6H10O2/c7-5-1-3-4(10-5)2-6(8)9-3;7-5(8)3-4-1-2-6(9)10-4;1-2-5-3-4-6(7)8-5/h3-4H,1-2H2;1-2,4H,3H2,(H,7,8);5H,2-4H2,1H3. The zero-order chi connectivity index (χ0) is 20.7. The summed E-state index contributed by atoms with van der Waals surface area (Å²) in [5, 5.41) is 8.23. The third kappa shape index (κ3) is 6.67. The minimum atomic E-state index is -0.968. The Kier molecular flexibility index (Phi) is 7.53. The highest BCUT2D eigenvalue weighted by Gasteiger charge is 2.44. The predicted molar refractivity (Wildman–Crippen MR) is 89.7 cm³/mol. The second-order valence-corrected chi connectivity index (χ2v) is 6.46. The summed E-state index contributed by atoms with van der Waals surface area (Å²) < 4.78 is 19.0. The molecule has 10 heteroatoms. The summed E-state index contributed by atoms with van der Waals surface area (Å²) in [5.74, 6) is -1.99. The molecule has 0 aromatic rings. The van der Waals surface area contributed by atoms with E-state index < -0.39 is 18.0 Å². The number of carbonyl (C=O) groups is 5. The van der Waals surface area contributed by atoms with Gasteiger partial charge in [0.25, 0.3) is 0 Å². The first-order valence-electron chi connectivity index (χ1n) is 8.95. The number of rotatable bonds is 3. The molecule has 4 aliphatic rings. The molecular formula is C18H22O10. The largest absolute Gasteiger partial charge is 0.481 e. The van der Waals surface area contributed by atoms with Crippen molar-refractivity contribution in [1.29, 1.82) is 0 Å². The first-order chi connectivity index (χ1) is 13.3. The maximum Gasteiger partial charge on any atom is 0.331 e. The predicted octanol–water partition coefficient (Wildman–Crippen LogP) is 0.662. The highest BCUT2D eigenvalue weighted by atomic mass is 16.6. The molecule has 4 aliphatic heterocycles. The SMILES string of the molecule is CCC1CCC(=O)O1.O=C(O)CC1C=CC(=O)O1.O=C1CC2OC(=O)CC2O1. The van der Waals surface area contributed by atoms with E-state index in [1.165, 1.54) is 12.2 Å². The van der Waals surface area contributed by atoms with Gasteiger partial charge in [0.05, 0.1) is 19.3 Å². The lowest BCUT2D eigenvalue weighted by Crippen LogP contribution is -2.13. The second kappa shape index (κ2) is 9.86. The van der Waals surface area contributed by atoms with E-state index in [1.807, 2.05) is 6.92 Å². The van der Waals surface area contributed by atoms with Crippen molar-refractivity contribution < 1.29 is 48.0 Å². The molecule has 0 spiro atoms. The lowest BCUT2D eigenvalue weighted by atomic mass is 10.2. The number of carboxylic acids is 1. The molecule has 28 heavy (non-hydrogen) atoms. The van der Waals surface area contributed by atoms with E-state index >= 15 is 0 Å². The molecule has 0 bridgehead atoms. The summed E-state index contributed by atoms with van der Waals surface area (Å²) in [6, 6.07) is 0. The van der Waals surface area contributed by atoms with Crippen molar-refractivity contribution >= 4 is 29.8 Å². The number of aliphatic carboxylic acids is 1. The Morgan fingerprint density at radius 2 is 1.61 bits per heavy atom. The molecule has 10 nitrogen and oxygen atoms in total. The zero-order valence-corrected chi connectivity index (χ0v) is 15.3. The number of carboxylic acid groups (broad SMARTS) is 1. The summed E-state index contributed by atoms with van der Waals surface area (Å²) in [5.41, 5.74) is 0. The fourth-order valence-electron chi connectivity index (χ4n) is 2.83. The third-order valence-corrected chi connectivity index (χ3v) is 4.23. The molecule has 0 amide bonds. The number of hydrogen-bond acceptors (Lipinski definition) is 9. The van der Waals surface area contributed by atoms with Gasteiger partial charge in [-0.1, -0.05) is 6.92 Å². The number of hydrogen-bond donors (Lipinski definition) is 1. The van der Waals surface area contributed by atoms with Gasteiger partial charge in [0, 0.05) is 12.5 Å². The van der Waals surface area contributed by atoms with Crippen LogP contribution >= 0.6 is 0 Å². The fraction of sp³-hybridized carbons (Fsp3) is 0.611. The molecule has 4 rings (SSSR count). The lowest BCUT2D eigenvalue weighted by molar-refractivity contribution is -0.146. The Labute approximate surface area is 160 Å². The van der Waals surface area contributed by atoms with Gasteiger partial charge >= 0.3 is 29.8 Å². The van der Waals surface area contributed by atoms with Gasteiger partial charge in [-0.05, 0) is 18.9 Å². The maximum atomic E-state index is 10.5. The summed E-state index contributed by atoms with van der Waals surface area (Å²) in [6.45, 7) is 2.03. The van der Waals surface area contributed by atoms with Gasteiger partial charge in [-0.15, -0.1) is 0 Å². The van der Waals surface area contributed by atoms with Gasteiger partial charge in [-0.2, -0.15) is 0 Å². The van der Waals surface area contributed by atoms with E-state index in [9.17, 15) is 24.0 Å². The Balaban J connectivity index is 0.000000151. The van der Waals surface area contributed by atoms with E-state index in [1.54, 1.807) is 0 Å². The molecule has 4 heterocycles. The van der Waals surface area contributed by atoms with Crippen LogP contribution in [0.15, 0.2) is 12.2 Å². The Morgan fingerprint density at radius 1 is 1.00 bits per heavy atom. The summed E-state index contributed by atoms with van der Waals surface area (Å²) in [6.07, 6.45) is 4.58. The molecule has 0 radical (unpaired) electrons. The quantitative estimate of drug-likeness (QED) is 0.532. The summed E-state index contributed by atoms with van der Waals surface area (Å²) in [7, 11) is 0. The molecule has 4 unspecified atom stereocenters. The van der Waals surface area contributed by atoms with Crippen molar-refractivity contribution in [3.8, 4) is 0 Å². The Hall–Kier alpha value is -2.91. The Bertz CT molecular complexity index is 629. The smallest absolute Gasteiger partial charge is 0.331 e. The molecule has 0 aliphatic carbocycles. The molecule has 1 N–H and O–H groups in total. The average Bonchev–Trinajstić information content (AvgIpc) is 3.34. The zero-order valence-electron chi connectivity index (χ0n) is 15.3. The van der Waals surface area contributed by atoms with Crippen molar-refractivity contribution in [2.45, 2.75) is 69.9 Å². The monoisotopic (exact) mass is 398 g/mol. The van der Waals surface area contributed by atoms with Crippen LogP contribution in [-0.4, -0.2) is 59.4 Å². The van der Waals surface area contributed by atoms with Crippen LogP contribution in [-0.2, 0) is 42.9 Å². The van der Waals surface area contributed by atoms with Crippen molar-refractivity contribution in [1.82, 2.24) is 0 Å². The molecule has 0 aromatic heterocycles. The van der Waals surface area contributed by atoms with Crippen LogP contribution in [0.1, 0.15) is 45.4 Å². The molecule has 0 aromatic carbocycles. The molecule has 0 saturated carbocycles. The highest BCUT2D eigenvalue weighted by Crippen LogP contribution is 2.27. The first-order valence-corrected chi connectivity index (χ1v) is 8.95. The van der Waals surface area contributed by atoms with Gasteiger partial charge in [-0.3, -0.25) is 19.2 Å². The van der Waals surface area contributed by atoms with E-state index in [0.717, 1.165) is 12.8 Å².